The highest BCUT2D eigenvalue weighted by Crippen LogP contribution is 2.37. The van der Waals surface area contributed by atoms with E-state index in [2.05, 4.69) is 23.6 Å². The number of carbonyl (C=O) groups excluding carboxylic acids is 1. The molecule has 0 aromatic carbocycles. The van der Waals surface area contributed by atoms with E-state index in [0.717, 1.165) is 17.7 Å². The second-order valence-corrected chi connectivity index (χ2v) is 7.12. The Bertz CT molecular complexity index is 514. The first-order chi connectivity index (χ1) is 9.93. The molecule has 1 aliphatic rings. The number of urea groups is 1. The summed E-state index contributed by atoms with van der Waals surface area (Å²) in [7, 11) is 0. The van der Waals surface area contributed by atoms with Gasteiger partial charge in [0.25, 0.3) is 0 Å². The maximum Gasteiger partial charge on any atom is 0.315 e. The van der Waals surface area contributed by atoms with E-state index < -0.39 is 11.4 Å². The van der Waals surface area contributed by atoms with Crippen LogP contribution in [-0.2, 0) is 11.3 Å². The number of carboxylic acids is 1. The zero-order valence-electron chi connectivity index (χ0n) is 12.5. The molecular weight excluding hydrogens is 288 g/mol. The van der Waals surface area contributed by atoms with Gasteiger partial charge in [0.2, 0.25) is 0 Å². The number of aryl methyl sites for hydroxylation is 2. The third kappa shape index (κ3) is 3.75. The minimum atomic E-state index is -0.801. The number of aliphatic carboxylic acids is 1. The molecule has 21 heavy (non-hydrogen) atoms. The second-order valence-electron chi connectivity index (χ2n) is 5.78. The first-order valence-electron chi connectivity index (χ1n) is 7.24. The maximum absolute atomic E-state index is 11.8. The fourth-order valence-corrected chi connectivity index (χ4v) is 3.73. The van der Waals surface area contributed by atoms with Gasteiger partial charge in [-0.05, 0) is 38.3 Å². The molecule has 0 radical (unpaired) electrons. The number of hydrogen-bond acceptors (Lipinski definition) is 3. The molecule has 2 amide bonds. The summed E-state index contributed by atoms with van der Waals surface area (Å²) in [6, 6.07) is 1.77. The van der Waals surface area contributed by atoms with Crippen LogP contribution >= 0.6 is 11.3 Å². The number of rotatable bonds is 5. The van der Waals surface area contributed by atoms with Gasteiger partial charge in [-0.15, -0.1) is 11.3 Å². The average Bonchev–Trinajstić information content (AvgIpc) is 3.03. The first-order valence-corrected chi connectivity index (χ1v) is 8.06. The Hall–Kier alpha value is -1.56. The number of nitrogens with one attached hydrogen (secondary N) is 2. The van der Waals surface area contributed by atoms with Crippen LogP contribution in [-0.4, -0.2) is 23.7 Å². The lowest BCUT2D eigenvalue weighted by molar-refractivity contribution is -0.148. The summed E-state index contributed by atoms with van der Waals surface area (Å²) in [5.41, 5.74) is 0.459. The van der Waals surface area contributed by atoms with Gasteiger partial charge in [0.05, 0.1) is 12.0 Å². The number of hydrogen-bond donors (Lipinski definition) is 3. The fraction of sp³-hybridized carbons (Fsp3) is 0.600. The van der Waals surface area contributed by atoms with Crippen molar-refractivity contribution in [1.82, 2.24) is 10.6 Å². The van der Waals surface area contributed by atoms with Crippen LogP contribution in [0.25, 0.3) is 0 Å². The van der Waals surface area contributed by atoms with Gasteiger partial charge in [-0.2, -0.15) is 0 Å². The molecule has 1 aromatic rings. The average molecular weight is 310 g/mol. The van der Waals surface area contributed by atoms with E-state index in [1.165, 1.54) is 10.4 Å². The summed E-state index contributed by atoms with van der Waals surface area (Å²) < 4.78 is 0. The van der Waals surface area contributed by atoms with E-state index in [1.54, 1.807) is 11.3 Å². The van der Waals surface area contributed by atoms with Gasteiger partial charge in [0, 0.05) is 16.3 Å². The van der Waals surface area contributed by atoms with Crippen LogP contribution in [0, 0.1) is 19.3 Å². The van der Waals surface area contributed by atoms with Crippen LogP contribution < -0.4 is 10.6 Å². The van der Waals surface area contributed by atoms with Crippen molar-refractivity contribution in [3.05, 3.63) is 21.4 Å². The Morgan fingerprint density at radius 3 is 2.48 bits per heavy atom. The molecule has 0 aliphatic heterocycles. The topological polar surface area (TPSA) is 78.4 Å². The van der Waals surface area contributed by atoms with Gasteiger partial charge >= 0.3 is 12.0 Å². The van der Waals surface area contributed by atoms with Gasteiger partial charge in [-0.1, -0.05) is 12.8 Å². The molecule has 0 spiro atoms. The Morgan fingerprint density at radius 2 is 1.95 bits per heavy atom. The van der Waals surface area contributed by atoms with E-state index in [0.29, 0.717) is 19.4 Å². The Balaban J connectivity index is 1.80. The molecule has 0 unspecified atom stereocenters. The summed E-state index contributed by atoms with van der Waals surface area (Å²) in [5.74, 6) is -0.801. The first kappa shape index (κ1) is 15.8. The van der Waals surface area contributed by atoms with Crippen molar-refractivity contribution >= 4 is 23.3 Å². The van der Waals surface area contributed by atoms with E-state index in [-0.39, 0.29) is 12.6 Å². The minimum absolute atomic E-state index is 0.205. The third-order valence-corrected chi connectivity index (χ3v) is 5.39. The summed E-state index contributed by atoms with van der Waals surface area (Å²) >= 11 is 1.67. The number of carboxylic acid groups (broad SMARTS) is 1. The maximum atomic E-state index is 11.8. The molecule has 6 heteroatoms. The van der Waals surface area contributed by atoms with Gasteiger partial charge in [-0.25, -0.2) is 4.79 Å². The van der Waals surface area contributed by atoms with Gasteiger partial charge in [-0.3, -0.25) is 4.79 Å². The van der Waals surface area contributed by atoms with Crippen LogP contribution in [0.3, 0.4) is 0 Å². The minimum Gasteiger partial charge on any atom is -0.481 e. The normalized spacial score (nSPS) is 16.7. The van der Waals surface area contributed by atoms with E-state index >= 15 is 0 Å². The molecule has 1 fully saturated rings. The molecule has 5 nitrogen and oxygen atoms in total. The lowest BCUT2D eigenvalue weighted by Crippen LogP contribution is -2.44. The fourth-order valence-electron chi connectivity index (χ4n) is 2.73. The third-order valence-electron chi connectivity index (χ3n) is 4.24. The van der Waals surface area contributed by atoms with Gasteiger partial charge in [0.15, 0.2) is 0 Å². The largest absolute Gasteiger partial charge is 0.481 e. The zero-order valence-corrected chi connectivity index (χ0v) is 13.3. The van der Waals surface area contributed by atoms with Crippen molar-refractivity contribution in [2.45, 2.75) is 46.1 Å². The lowest BCUT2D eigenvalue weighted by Gasteiger charge is -2.23. The molecule has 1 aromatic heterocycles. The van der Waals surface area contributed by atoms with Crippen LogP contribution in [0.1, 0.15) is 41.0 Å². The molecule has 1 saturated carbocycles. The standard InChI is InChI=1S/C15H22N2O3S/c1-10-7-12(21-11(10)2)8-16-14(20)17-9-15(13(18)19)5-3-4-6-15/h7H,3-6,8-9H2,1-2H3,(H,18,19)(H2,16,17,20). The Morgan fingerprint density at radius 1 is 1.29 bits per heavy atom. The van der Waals surface area contributed by atoms with Gasteiger partial charge < -0.3 is 15.7 Å². The van der Waals surface area contributed by atoms with E-state index in [9.17, 15) is 14.7 Å². The Kier molecular flexibility index (Phi) is 4.88. The molecule has 1 heterocycles. The predicted octanol–water partition coefficient (Wildman–Crippen LogP) is 2.81. The highest BCUT2D eigenvalue weighted by Gasteiger charge is 2.41. The van der Waals surface area contributed by atoms with Crippen LogP contribution in [0.2, 0.25) is 0 Å². The van der Waals surface area contributed by atoms with Crippen molar-refractivity contribution in [1.29, 1.82) is 0 Å². The quantitative estimate of drug-likeness (QED) is 0.782. The smallest absolute Gasteiger partial charge is 0.315 e. The lowest BCUT2D eigenvalue weighted by atomic mass is 9.86. The number of thiophene rings is 1. The van der Waals surface area contributed by atoms with Crippen LogP contribution in [0.4, 0.5) is 4.79 Å². The molecule has 116 valence electrons. The number of amides is 2. The van der Waals surface area contributed by atoms with Crippen LogP contribution in [0.15, 0.2) is 6.07 Å². The molecule has 3 N–H and O–H groups in total. The summed E-state index contributed by atoms with van der Waals surface area (Å²) in [5, 5.41) is 14.8. The zero-order chi connectivity index (χ0) is 15.5. The Labute approximate surface area is 128 Å². The highest BCUT2D eigenvalue weighted by molar-refractivity contribution is 7.12. The van der Waals surface area contributed by atoms with Crippen LogP contribution in [0.5, 0.6) is 0 Å². The van der Waals surface area contributed by atoms with E-state index in [1.807, 2.05) is 6.92 Å². The van der Waals surface area contributed by atoms with Crippen molar-refractivity contribution in [2.24, 2.45) is 5.41 Å². The molecule has 0 bridgehead atoms. The molecule has 0 atom stereocenters. The van der Waals surface area contributed by atoms with Gasteiger partial charge in [0.1, 0.15) is 0 Å². The summed E-state index contributed by atoms with van der Waals surface area (Å²) in [6.07, 6.45) is 3.13. The predicted molar refractivity (Wildman–Crippen MR) is 82.6 cm³/mol. The number of carbonyl (C=O) groups is 2. The molecular formula is C15H22N2O3S. The van der Waals surface area contributed by atoms with E-state index in [4.69, 9.17) is 0 Å². The van der Waals surface area contributed by atoms with Crippen molar-refractivity contribution < 1.29 is 14.7 Å². The highest BCUT2D eigenvalue weighted by atomic mass is 32.1. The second kappa shape index (κ2) is 6.47. The van der Waals surface area contributed by atoms with Crippen molar-refractivity contribution in [2.75, 3.05) is 6.54 Å². The monoisotopic (exact) mass is 310 g/mol. The van der Waals surface area contributed by atoms with Crippen molar-refractivity contribution in [3.63, 3.8) is 0 Å². The summed E-state index contributed by atoms with van der Waals surface area (Å²) in [4.78, 5) is 25.6. The molecule has 2 rings (SSSR count). The molecule has 1 aliphatic carbocycles. The summed E-state index contributed by atoms with van der Waals surface area (Å²) in [6.45, 7) is 4.79. The SMILES string of the molecule is Cc1cc(CNC(=O)NCC2(C(=O)O)CCCC2)sc1C. The van der Waals surface area contributed by atoms with Crippen molar-refractivity contribution in [3.8, 4) is 0 Å². The molecule has 0 saturated heterocycles.